The molecule has 1 atom stereocenters. The van der Waals surface area contributed by atoms with Crippen molar-refractivity contribution in [3.05, 3.63) is 34.9 Å². The van der Waals surface area contributed by atoms with Gasteiger partial charge in [-0.2, -0.15) is 0 Å². The van der Waals surface area contributed by atoms with Gasteiger partial charge in [0.2, 0.25) is 0 Å². The topological polar surface area (TPSA) is 93.7 Å². The van der Waals surface area contributed by atoms with Crippen LogP contribution in [0.25, 0.3) is 0 Å². The van der Waals surface area contributed by atoms with E-state index in [1.807, 2.05) is 13.8 Å². The minimum absolute atomic E-state index is 0.147. The Labute approximate surface area is 158 Å². The molecule has 1 aromatic carbocycles. The van der Waals surface area contributed by atoms with Crippen molar-refractivity contribution >= 4 is 29.4 Å². The number of hydrogen-bond acceptors (Lipinski definition) is 5. The quantitative estimate of drug-likeness (QED) is 0.474. The maximum Gasteiger partial charge on any atom is 0.329 e. The second kappa shape index (κ2) is 11.5. The van der Waals surface area contributed by atoms with Crippen LogP contribution < -0.4 is 10.6 Å². The number of halogens is 1. The first-order chi connectivity index (χ1) is 12.3. The van der Waals surface area contributed by atoms with Crippen molar-refractivity contribution in [2.45, 2.75) is 26.3 Å². The standard InChI is InChI=1S/C18H25ClN2O5/c1-12(2)10-15(18(24)26-11-16(22)20-8-9-25-3)21-17(23)13-4-6-14(19)7-5-13/h4-7,12,15H,8-11H2,1-3H3,(H,20,22)(H,21,23)/t15-/m0/s1. The van der Waals surface area contributed by atoms with Crippen LogP contribution in [0.1, 0.15) is 30.6 Å². The predicted octanol–water partition coefficient (Wildman–Crippen LogP) is 1.79. The van der Waals surface area contributed by atoms with Gasteiger partial charge in [0.15, 0.2) is 6.61 Å². The fourth-order valence-electron chi connectivity index (χ4n) is 2.11. The highest BCUT2D eigenvalue weighted by atomic mass is 35.5. The van der Waals surface area contributed by atoms with Gasteiger partial charge in [-0.15, -0.1) is 0 Å². The SMILES string of the molecule is COCCNC(=O)COC(=O)[C@H](CC(C)C)NC(=O)c1ccc(Cl)cc1. The lowest BCUT2D eigenvalue weighted by atomic mass is 10.0. The Balaban J connectivity index is 2.61. The number of rotatable bonds is 10. The molecule has 2 N–H and O–H groups in total. The van der Waals surface area contributed by atoms with E-state index >= 15 is 0 Å². The van der Waals surface area contributed by atoms with Gasteiger partial charge in [0.25, 0.3) is 11.8 Å². The summed E-state index contributed by atoms with van der Waals surface area (Å²) >= 11 is 5.81. The Morgan fingerprint density at radius 3 is 2.38 bits per heavy atom. The predicted molar refractivity (Wildman–Crippen MR) is 98.0 cm³/mol. The van der Waals surface area contributed by atoms with Crippen LogP contribution >= 0.6 is 11.6 Å². The summed E-state index contributed by atoms with van der Waals surface area (Å²) < 4.78 is 9.84. The minimum Gasteiger partial charge on any atom is -0.454 e. The monoisotopic (exact) mass is 384 g/mol. The van der Waals surface area contributed by atoms with Gasteiger partial charge in [-0.25, -0.2) is 4.79 Å². The number of amides is 2. The van der Waals surface area contributed by atoms with Crippen molar-refractivity contribution in [3.8, 4) is 0 Å². The Morgan fingerprint density at radius 1 is 1.15 bits per heavy atom. The molecule has 8 heteroatoms. The Morgan fingerprint density at radius 2 is 1.81 bits per heavy atom. The first-order valence-electron chi connectivity index (χ1n) is 8.32. The van der Waals surface area contributed by atoms with E-state index in [0.29, 0.717) is 30.2 Å². The van der Waals surface area contributed by atoms with Gasteiger partial charge >= 0.3 is 5.97 Å². The molecule has 0 aliphatic carbocycles. The van der Waals surface area contributed by atoms with Crippen LogP contribution in [-0.4, -0.2) is 50.7 Å². The van der Waals surface area contributed by atoms with E-state index in [-0.39, 0.29) is 5.92 Å². The maximum atomic E-state index is 12.3. The summed E-state index contributed by atoms with van der Waals surface area (Å²) in [6.07, 6.45) is 0.392. The van der Waals surface area contributed by atoms with Gasteiger partial charge in [0.1, 0.15) is 6.04 Å². The molecular formula is C18H25ClN2O5. The number of carbonyl (C=O) groups is 3. The molecule has 0 saturated heterocycles. The van der Waals surface area contributed by atoms with Crippen LogP contribution in [0.4, 0.5) is 0 Å². The van der Waals surface area contributed by atoms with Gasteiger partial charge in [-0.1, -0.05) is 25.4 Å². The van der Waals surface area contributed by atoms with Gasteiger partial charge in [-0.3, -0.25) is 9.59 Å². The summed E-state index contributed by atoms with van der Waals surface area (Å²) in [5, 5.41) is 5.71. The molecule has 0 radical (unpaired) electrons. The molecule has 0 spiro atoms. The molecule has 0 aliphatic rings. The first kappa shape index (κ1) is 21.9. The summed E-state index contributed by atoms with van der Waals surface area (Å²) in [6.45, 7) is 4.13. The lowest BCUT2D eigenvalue weighted by Crippen LogP contribution is -2.43. The zero-order chi connectivity index (χ0) is 19.5. The summed E-state index contributed by atoms with van der Waals surface area (Å²) in [6, 6.07) is 5.48. The van der Waals surface area contributed by atoms with Crippen molar-refractivity contribution < 1.29 is 23.9 Å². The fraction of sp³-hybridized carbons (Fsp3) is 0.500. The molecule has 0 aliphatic heterocycles. The van der Waals surface area contributed by atoms with E-state index in [1.165, 1.54) is 7.11 Å². The van der Waals surface area contributed by atoms with Crippen molar-refractivity contribution in [3.63, 3.8) is 0 Å². The van der Waals surface area contributed by atoms with E-state index < -0.39 is 30.4 Å². The Bertz CT molecular complexity index is 604. The summed E-state index contributed by atoms with van der Waals surface area (Å²) in [5.74, 6) is -1.34. The molecule has 7 nitrogen and oxygen atoms in total. The first-order valence-corrected chi connectivity index (χ1v) is 8.70. The van der Waals surface area contributed by atoms with E-state index in [4.69, 9.17) is 21.1 Å². The third kappa shape index (κ3) is 8.31. The Kier molecular flexibility index (Phi) is 9.69. The second-order valence-corrected chi connectivity index (χ2v) is 6.55. The van der Waals surface area contributed by atoms with Crippen LogP contribution in [0.3, 0.4) is 0 Å². The molecule has 0 heterocycles. The van der Waals surface area contributed by atoms with Gasteiger partial charge in [0.05, 0.1) is 6.61 Å². The van der Waals surface area contributed by atoms with Crippen LogP contribution in [-0.2, 0) is 19.1 Å². The Hall–Kier alpha value is -2.12. The van der Waals surface area contributed by atoms with E-state index in [2.05, 4.69) is 10.6 Å². The smallest absolute Gasteiger partial charge is 0.329 e. The zero-order valence-corrected chi connectivity index (χ0v) is 16.0. The lowest BCUT2D eigenvalue weighted by Gasteiger charge is -2.19. The third-order valence-electron chi connectivity index (χ3n) is 3.38. The summed E-state index contributed by atoms with van der Waals surface area (Å²) in [7, 11) is 1.52. The molecule has 144 valence electrons. The van der Waals surface area contributed by atoms with Crippen LogP contribution in [0.15, 0.2) is 24.3 Å². The lowest BCUT2D eigenvalue weighted by molar-refractivity contribution is -0.150. The maximum absolute atomic E-state index is 12.3. The summed E-state index contributed by atoms with van der Waals surface area (Å²) in [4.78, 5) is 36.2. The highest BCUT2D eigenvalue weighted by molar-refractivity contribution is 6.30. The molecule has 0 unspecified atom stereocenters. The highest BCUT2D eigenvalue weighted by Crippen LogP contribution is 2.11. The van der Waals surface area contributed by atoms with E-state index in [9.17, 15) is 14.4 Å². The van der Waals surface area contributed by atoms with E-state index in [1.54, 1.807) is 24.3 Å². The van der Waals surface area contributed by atoms with Gasteiger partial charge in [0, 0.05) is 24.2 Å². The number of hydrogen-bond donors (Lipinski definition) is 2. The minimum atomic E-state index is -0.843. The van der Waals surface area contributed by atoms with E-state index in [0.717, 1.165) is 0 Å². The normalized spacial score (nSPS) is 11.7. The van der Waals surface area contributed by atoms with Crippen molar-refractivity contribution in [2.24, 2.45) is 5.92 Å². The molecular weight excluding hydrogens is 360 g/mol. The molecule has 0 saturated carbocycles. The van der Waals surface area contributed by atoms with Crippen LogP contribution in [0.2, 0.25) is 5.02 Å². The molecule has 0 bridgehead atoms. The average molecular weight is 385 g/mol. The van der Waals surface area contributed by atoms with Crippen molar-refractivity contribution in [1.29, 1.82) is 0 Å². The molecule has 0 aromatic heterocycles. The number of benzene rings is 1. The number of esters is 1. The number of nitrogens with one attached hydrogen (secondary N) is 2. The van der Waals surface area contributed by atoms with Crippen LogP contribution in [0, 0.1) is 5.92 Å². The summed E-state index contributed by atoms with van der Waals surface area (Å²) in [5.41, 5.74) is 0.383. The highest BCUT2D eigenvalue weighted by Gasteiger charge is 2.24. The second-order valence-electron chi connectivity index (χ2n) is 6.11. The fourth-order valence-corrected chi connectivity index (χ4v) is 2.24. The van der Waals surface area contributed by atoms with Crippen LogP contribution in [0.5, 0.6) is 0 Å². The largest absolute Gasteiger partial charge is 0.454 e. The third-order valence-corrected chi connectivity index (χ3v) is 3.63. The molecule has 26 heavy (non-hydrogen) atoms. The van der Waals surface area contributed by atoms with Crippen molar-refractivity contribution in [2.75, 3.05) is 26.9 Å². The number of carbonyl (C=O) groups excluding carboxylic acids is 3. The van der Waals surface area contributed by atoms with Gasteiger partial charge in [-0.05, 0) is 36.6 Å². The molecule has 1 aromatic rings. The molecule has 1 rings (SSSR count). The molecule has 0 fully saturated rings. The zero-order valence-electron chi connectivity index (χ0n) is 15.2. The number of methoxy groups -OCH3 is 1. The van der Waals surface area contributed by atoms with Gasteiger partial charge < -0.3 is 20.1 Å². The molecule has 2 amide bonds. The average Bonchev–Trinajstić information content (AvgIpc) is 2.59. The number of ether oxygens (including phenoxy) is 2. The van der Waals surface area contributed by atoms with Crippen molar-refractivity contribution in [1.82, 2.24) is 10.6 Å².